The van der Waals surface area contributed by atoms with Crippen LogP contribution in [0.15, 0.2) is 0 Å². The van der Waals surface area contributed by atoms with E-state index in [-0.39, 0.29) is 5.91 Å². The maximum atomic E-state index is 12.9. The lowest BCUT2D eigenvalue weighted by Gasteiger charge is -2.23. The van der Waals surface area contributed by atoms with E-state index in [1.807, 2.05) is 18.7 Å². The summed E-state index contributed by atoms with van der Waals surface area (Å²) in [6.45, 7) is 4.46. The van der Waals surface area contributed by atoms with Gasteiger partial charge >= 0.3 is 0 Å². The molecule has 1 fully saturated rings. The van der Waals surface area contributed by atoms with Gasteiger partial charge in [0, 0.05) is 11.9 Å². The third-order valence-electron chi connectivity index (χ3n) is 5.39. The first kappa shape index (κ1) is 17.6. The molecule has 0 aromatic carbocycles. The molecule has 140 valence electrons. The van der Waals surface area contributed by atoms with Gasteiger partial charge in [0.1, 0.15) is 5.01 Å². The number of piperidine rings is 1. The van der Waals surface area contributed by atoms with E-state index < -0.39 is 0 Å². The Morgan fingerprint density at radius 1 is 1.31 bits per heavy atom. The van der Waals surface area contributed by atoms with Crippen LogP contribution in [0.1, 0.15) is 63.5 Å². The summed E-state index contributed by atoms with van der Waals surface area (Å²) < 4.78 is 1.93. The molecule has 2 aliphatic rings. The molecule has 1 amide bonds. The SMILES string of the molecule is Cc1c(C(=O)N(C)Cc2nc3c(s2)CCCC3)nnn1C1CCNCC1. The predicted octanol–water partition coefficient (Wildman–Crippen LogP) is 2.12. The van der Waals surface area contributed by atoms with E-state index in [2.05, 4.69) is 15.6 Å². The molecule has 1 aliphatic heterocycles. The zero-order valence-corrected chi connectivity index (χ0v) is 16.3. The summed E-state index contributed by atoms with van der Waals surface area (Å²) in [6, 6.07) is 0.335. The summed E-state index contributed by atoms with van der Waals surface area (Å²) >= 11 is 1.76. The van der Waals surface area contributed by atoms with E-state index in [0.717, 1.165) is 49.5 Å². The first-order chi connectivity index (χ1) is 12.6. The summed E-state index contributed by atoms with van der Waals surface area (Å²) in [5.74, 6) is -0.0733. The number of hydrogen-bond donors (Lipinski definition) is 1. The highest BCUT2D eigenvalue weighted by molar-refractivity contribution is 7.11. The Morgan fingerprint density at radius 3 is 2.85 bits per heavy atom. The molecule has 7 nitrogen and oxygen atoms in total. The van der Waals surface area contributed by atoms with Gasteiger partial charge in [0.2, 0.25) is 0 Å². The zero-order chi connectivity index (χ0) is 18.1. The number of thiazole rings is 1. The van der Waals surface area contributed by atoms with Crippen molar-refractivity contribution >= 4 is 17.2 Å². The molecule has 2 aromatic rings. The molecule has 0 atom stereocenters. The number of carbonyl (C=O) groups excluding carboxylic acids is 1. The van der Waals surface area contributed by atoms with Crippen LogP contribution < -0.4 is 5.32 Å². The molecule has 0 unspecified atom stereocenters. The minimum atomic E-state index is -0.0733. The fourth-order valence-corrected chi connectivity index (χ4v) is 5.08. The van der Waals surface area contributed by atoms with Gasteiger partial charge in [-0.05, 0) is 58.5 Å². The number of hydrogen-bond acceptors (Lipinski definition) is 6. The van der Waals surface area contributed by atoms with Crippen molar-refractivity contribution in [2.24, 2.45) is 0 Å². The third kappa shape index (κ3) is 3.40. The first-order valence-electron chi connectivity index (χ1n) is 9.49. The van der Waals surface area contributed by atoms with Crippen molar-refractivity contribution < 1.29 is 4.79 Å². The number of aromatic nitrogens is 4. The molecule has 3 heterocycles. The standard InChI is InChI=1S/C18H26N6OS/c1-12-17(21-22-24(12)13-7-9-19-10-8-13)18(25)23(2)11-16-20-14-5-3-4-6-15(14)26-16/h13,19H,3-11H2,1-2H3. The molecule has 8 heteroatoms. The van der Waals surface area contributed by atoms with Gasteiger partial charge < -0.3 is 10.2 Å². The molecule has 2 aromatic heterocycles. The van der Waals surface area contributed by atoms with Gasteiger partial charge in [-0.3, -0.25) is 4.79 Å². The highest BCUT2D eigenvalue weighted by Crippen LogP contribution is 2.27. The van der Waals surface area contributed by atoms with E-state index in [1.54, 1.807) is 16.2 Å². The fraction of sp³-hybridized carbons (Fsp3) is 0.667. The number of amides is 1. The van der Waals surface area contributed by atoms with Gasteiger partial charge in [-0.15, -0.1) is 16.4 Å². The third-order valence-corrected chi connectivity index (χ3v) is 6.54. The fourth-order valence-electron chi connectivity index (χ4n) is 3.87. The molecular formula is C18H26N6OS. The van der Waals surface area contributed by atoms with Crippen molar-refractivity contribution in [3.63, 3.8) is 0 Å². The largest absolute Gasteiger partial charge is 0.333 e. The van der Waals surface area contributed by atoms with E-state index in [0.29, 0.717) is 18.3 Å². The number of aryl methyl sites for hydroxylation is 2. The normalized spacial score (nSPS) is 17.9. The van der Waals surface area contributed by atoms with Crippen LogP contribution in [-0.2, 0) is 19.4 Å². The van der Waals surface area contributed by atoms with Crippen LogP contribution in [0.25, 0.3) is 0 Å². The predicted molar refractivity (Wildman–Crippen MR) is 100 cm³/mol. The number of nitrogens with one attached hydrogen (secondary N) is 1. The van der Waals surface area contributed by atoms with E-state index in [1.165, 1.54) is 23.4 Å². The number of nitrogens with zero attached hydrogens (tertiary/aromatic N) is 5. The van der Waals surface area contributed by atoms with Crippen LogP contribution >= 0.6 is 11.3 Å². The molecule has 4 rings (SSSR count). The minimum absolute atomic E-state index is 0.0733. The van der Waals surface area contributed by atoms with Gasteiger partial charge in [0.25, 0.3) is 5.91 Å². The van der Waals surface area contributed by atoms with Gasteiger partial charge in [-0.2, -0.15) is 0 Å². The molecule has 1 aliphatic carbocycles. The minimum Gasteiger partial charge on any atom is -0.333 e. The van der Waals surface area contributed by atoms with Crippen LogP contribution in [0.2, 0.25) is 0 Å². The van der Waals surface area contributed by atoms with Crippen LogP contribution in [-0.4, -0.2) is 50.9 Å². The second-order valence-corrected chi connectivity index (χ2v) is 8.46. The molecule has 0 radical (unpaired) electrons. The Balaban J connectivity index is 1.46. The summed E-state index contributed by atoms with van der Waals surface area (Å²) in [4.78, 5) is 20.7. The molecule has 0 bridgehead atoms. The number of fused-ring (bicyclic) bond motifs is 1. The maximum Gasteiger partial charge on any atom is 0.276 e. The second kappa shape index (κ2) is 7.44. The monoisotopic (exact) mass is 374 g/mol. The Kier molecular flexibility index (Phi) is 5.04. The van der Waals surface area contributed by atoms with Gasteiger partial charge in [0.05, 0.1) is 24.0 Å². The zero-order valence-electron chi connectivity index (χ0n) is 15.5. The Labute approximate surface area is 157 Å². The van der Waals surface area contributed by atoms with Crippen molar-refractivity contribution in [2.45, 2.75) is 58.0 Å². The Hall–Kier alpha value is -1.80. The van der Waals surface area contributed by atoms with Crippen molar-refractivity contribution in [3.8, 4) is 0 Å². The lowest BCUT2D eigenvalue weighted by Crippen LogP contribution is -2.30. The van der Waals surface area contributed by atoms with E-state index in [4.69, 9.17) is 4.98 Å². The van der Waals surface area contributed by atoms with Crippen molar-refractivity contribution in [1.29, 1.82) is 0 Å². The van der Waals surface area contributed by atoms with E-state index in [9.17, 15) is 4.79 Å². The smallest absolute Gasteiger partial charge is 0.276 e. The Morgan fingerprint density at radius 2 is 2.08 bits per heavy atom. The highest BCUT2D eigenvalue weighted by Gasteiger charge is 2.25. The summed E-state index contributed by atoms with van der Waals surface area (Å²) in [5.41, 5.74) is 2.57. The maximum absolute atomic E-state index is 12.9. The van der Waals surface area contributed by atoms with E-state index >= 15 is 0 Å². The summed E-state index contributed by atoms with van der Waals surface area (Å²) in [6.07, 6.45) is 6.74. The molecule has 1 saturated heterocycles. The van der Waals surface area contributed by atoms with Crippen LogP contribution in [0, 0.1) is 6.92 Å². The quantitative estimate of drug-likeness (QED) is 0.887. The summed E-state index contributed by atoms with van der Waals surface area (Å²) in [5, 5.41) is 12.9. The average Bonchev–Trinajstić information content (AvgIpc) is 3.24. The lowest BCUT2D eigenvalue weighted by molar-refractivity contribution is 0.0778. The molecular weight excluding hydrogens is 348 g/mol. The molecule has 0 spiro atoms. The van der Waals surface area contributed by atoms with Crippen molar-refractivity contribution in [2.75, 3.05) is 20.1 Å². The average molecular weight is 375 g/mol. The van der Waals surface area contributed by atoms with Gasteiger partial charge in [-0.25, -0.2) is 9.67 Å². The Bertz CT molecular complexity index is 768. The van der Waals surface area contributed by atoms with Crippen molar-refractivity contribution in [1.82, 2.24) is 30.2 Å². The topological polar surface area (TPSA) is 75.9 Å². The second-order valence-electron chi connectivity index (χ2n) is 7.29. The van der Waals surface area contributed by atoms with Crippen LogP contribution in [0.4, 0.5) is 0 Å². The summed E-state index contributed by atoms with van der Waals surface area (Å²) in [7, 11) is 1.83. The molecule has 0 saturated carbocycles. The molecule has 26 heavy (non-hydrogen) atoms. The van der Waals surface area contributed by atoms with Crippen LogP contribution in [0.5, 0.6) is 0 Å². The number of carbonyl (C=O) groups is 1. The van der Waals surface area contributed by atoms with Gasteiger partial charge in [0.15, 0.2) is 5.69 Å². The number of rotatable bonds is 4. The van der Waals surface area contributed by atoms with Crippen LogP contribution in [0.3, 0.4) is 0 Å². The van der Waals surface area contributed by atoms with Crippen molar-refractivity contribution in [3.05, 3.63) is 27.0 Å². The van der Waals surface area contributed by atoms with Gasteiger partial charge in [-0.1, -0.05) is 5.21 Å². The highest BCUT2D eigenvalue weighted by atomic mass is 32.1. The lowest BCUT2D eigenvalue weighted by atomic mass is 10.0. The molecule has 1 N–H and O–H groups in total. The first-order valence-corrected chi connectivity index (χ1v) is 10.3.